The van der Waals surface area contributed by atoms with Crippen LogP contribution in [0, 0.1) is 6.92 Å². The Labute approximate surface area is 143 Å². The van der Waals surface area contributed by atoms with Crippen LogP contribution in [0.5, 0.6) is 0 Å². The summed E-state index contributed by atoms with van der Waals surface area (Å²) in [5.74, 6) is -0.339. The summed E-state index contributed by atoms with van der Waals surface area (Å²) < 4.78 is 6.17. The summed E-state index contributed by atoms with van der Waals surface area (Å²) in [6.07, 6.45) is 0. The maximum atomic E-state index is 12.5. The SMILES string of the molecule is CCOC(=O)c1c(C)nc2cccc(Br)c2c1-c1ccccc1. The Morgan fingerprint density at radius 2 is 1.87 bits per heavy atom. The summed E-state index contributed by atoms with van der Waals surface area (Å²) in [4.78, 5) is 17.1. The molecule has 0 fully saturated rings. The number of carbonyl (C=O) groups is 1. The lowest BCUT2D eigenvalue weighted by Gasteiger charge is -2.15. The van der Waals surface area contributed by atoms with Crippen molar-refractivity contribution in [2.75, 3.05) is 6.61 Å². The molecular weight excluding hydrogens is 354 g/mol. The van der Waals surface area contributed by atoms with Gasteiger partial charge in [-0.1, -0.05) is 52.3 Å². The van der Waals surface area contributed by atoms with Crippen molar-refractivity contribution in [2.24, 2.45) is 0 Å². The second-order valence-corrected chi connectivity index (χ2v) is 6.02. The van der Waals surface area contributed by atoms with Crippen molar-refractivity contribution in [2.45, 2.75) is 13.8 Å². The van der Waals surface area contributed by atoms with Gasteiger partial charge in [0.25, 0.3) is 0 Å². The molecule has 0 saturated heterocycles. The molecule has 3 nitrogen and oxygen atoms in total. The minimum atomic E-state index is -0.339. The highest BCUT2D eigenvalue weighted by Gasteiger charge is 2.22. The van der Waals surface area contributed by atoms with Gasteiger partial charge in [-0.2, -0.15) is 0 Å². The van der Waals surface area contributed by atoms with Crippen LogP contribution in [0.2, 0.25) is 0 Å². The van der Waals surface area contributed by atoms with Crippen LogP contribution < -0.4 is 0 Å². The molecule has 2 aromatic carbocycles. The quantitative estimate of drug-likeness (QED) is 0.599. The van der Waals surface area contributed by atoms with Crippen molar-refractivity contribution in [3.8, 4) is 11.1 Å². The molecule has 116 valence electrons. The summed E-state index contributed by atoms with van der Waals surface area (Å²) >= 11 is 3.60. The first kappa shape index (κ1) is 15.7. The second kappa shape index (κ2) is 6.50. The number of nitrogens with zero attached hydrogens (tertiary/aromatic N) is 1. The number of hydrogen-bond donors (Lipinski definition) is 0. The van der Waals surface area contributed by atoms with Gasteiger partial charge in [0.2, 0.25) is 0 Å². The maximum Gasteiger partial charge on any atom is 0.340 e. The Kier molecular flexibility index (Phi) is 4.44. The summed E-state index contributed by atoms with van der Waals surface area (Å²) in [5.41, 5.74) is 3.88. The fourth-order valence-corrected chi connectivity index (χ4v) is 3.30. The standard InChI is InChI=1S/C19H16BrNO2/c1-3-23-19(22)16-12(2)21-15-11-7-10-14(20)18(15)17(16)13-8-5-4-6-9-13/h4-11H,3H2,1-2H3. The van der Waals surface area contributed by atoms with Gasteiger partial charge in [-0.3, -0.25) is 4.98 Å². The topological polar surface area (TPSA) is 39.2 Å². The van der Waals surface area contributed by atoms with E-state index in [-0.39, 0.29) is 5.97 Å². The number of hydrogen-bond acceptors (Lipinski definition) is 3. The van der Waals surface area contributed by atoms with Crippen molar-refractivity contribution in [1.82, 2.24) is 4.98 Å². The van der Waals surface area contributed by atoms with E-state index < -0.39 is 0 Å². The largest absolute Gasteiger partial charge is 0.462 e. The van der Waals surface area contributed by atoms with Gasteiger partial charge in [0.05, 0.1) is 23.4 Å². The molecule has 0 amide bonds. The number of ether oxygens (including phenoxy) is 1. The molecule has 0 aliphatic heterocycles. The summed E-state index contributed by atoms with van der Waals surface area (Å²) in [6, 6.07) is 15.7. The fraction of sp³-hybridized carbons (Fsp3) is 0.158. The number of aromatic nitrogens is 1. The van der Waals surface area contributed by atoms with E-state index in [1.807, 2.05) is 55.5 Å². The highest BCUT2D eigenvalue weighted by molar-refractivity contribution is 9.10. The van der Waals surface area contributed by atoms with Crippen LogP contribution in [-0.4, -0.2) is 17.6 Å². The zero-order valence-corrected chi connectivity index (χ0v) is 14.6. The minimum absolute atomic E-state index is 0.334. The van der Waals surface area contributed by atoms with Crippen LogP contribution in [0.15, 0.2) is 53.0 Å². The fourth-order valence-electron chi connectivity index (χ4n) is 2.74. The van der Waals surface area contributed by atoms with Crippen LogP contribution in [0.3, 0.4) is 0 Å². The first-order valence-corrected chi connectivity index (χ1v) is 8.24. The van der Waals surface area contributed by atoms with Crippen LogP contribution in [0.1, 0.15) is 23.0 Å². The van der Waals surface area contributed by atoms with Gasteiger partial charge in [0.15, 0.2) is 0 Å². The highest BCUT2D eigenvalue weighted by atomic mass is 79.9. The molecule has 3 rings (SSSR count). The molecule has 23 heavy (non-hydrogen) atoms. The first-order chi connectivity index (χ1) is 11.1. The van der Waals surface area contributed by atoms with E-state index in [4.69, 9.17) is 4.74 Å². The molecule has 1 heterocycles. The van der Waals surface area contributed by atoms with Crippen LogP contribution in [0.25, 0.3) is 22.0 Å². The number of rotatable bonds is 3. The molecule has 0 saturated carbocycles. The molecule has 4 heteroatoms. The van der Waals surface area contributed by atoms with Crippen molar-refractivity contribution >= 4 is 32.8 Å². The van der Waals surface area contributed by atoms with Gasteiger partial charge in [-0.25, -0.2) is 4.79 Å². The van der Waals surface area contributed by atoms with Crippen molar-refractivity contribution in [3.05, 3.63) is 64.3 Å². The third-order valence-electron chi connectivity index (χ3n) is 3.68. The lowest BCUT2D eigenvalue weighted by molar-refractivity contribution is 0.0526. The molecule has 1 aromatic heterocycles. The van der Waals surface area contributed by atoms with E-state index in [9.17, 15) is 4.79 Å². The van der Waals surface area contributed by atoms with Gasteiger partial charge < -0.3 is 4.74 Å². The van der Waals surface area contributed by atoms with Gasteiger partial charge in [-0.05, 0) is 31.5 Å². The molecule has 0 radical (unpaired) electrons. The number of benzene rings is 2. The zero-order valence-electron chi connectivity index (χ0n) is 13.0. The molecule has 0 atom stereocenters. The number of pyridine rings is 1. The maximum absolute atomic E-state index is 12.5. The minimum Gasteiger partial charge on any atom is -0.462 e. The molecule has 0 aliphatic rings. The molecule has 0 N–H and O–H groups in total. The monoisotopic (exact) mass is 369 g/mol. The summed E-state index contributed by atoms with van der Waals surface area (Å²) in [6.45, 7) is 3.99. The Morgan fingerprint density at radius 1 is 1.13 bits per heavy atom. The van der Waals surface area contributed by atoms with E-state index in [1.54, 1.807) is 6.92 Å². The summed E-state index contributed by atoms with van der Waals surface area (Å²) in [7, 11) is 0. The van der Waals surface area contributed by atoms with E-state index in [0.29, 0.717) is 17.9 Å². The normalized spacial score (nSPS) is 10.7. The number of aryl methyl sites for hydroxylation is 1. The smallest absolute Gasteiger partial charge is 0.340 e. The number of fused-ring (bicyclic) bond motifs is 1. The van der Waals surface area contributed by atoms with E-state index in [0.717, 1.165) is 26.5 Å². The Bertz CT molecular complexity index is 875. The number of esters is 1. The second-order valence-electron chi connectivity index (χ2n) is 5.17. The van der Waals surface area contributed by atoms with Crippen molar-refractivity contribution < 1.29 is 9.53 Å². The van der Waals surface area contributed by atoms with Crippen molar-refractivity contribution in [3.63, 3.8) is 0 Å². The Hall–Kier alpha value is -2.20. The van der Waals surface area contributed by atoms with Crippen LogP contribution >= 0.6 is 15.9 Å². The van der Waals surface area contributed by atoms with Crippen molar-refractivity contribution in [1.29, 1.82) is 0 Å². The molecule has 0 unspecified atom stereocenters. The molecular formula is C19H16BrNO2. The molecule has 0 aliphatic carbocycles. The Balaban J connectivity index is 2.44. The van der Waals surface area contributed by atoms with Crippen LogP contribution in [-0.2, 0) is 4.74 Å². The van der Waals surface area contributed by atoms with E-state index in [1.165, 1.54) is 0 Å². The van der Waals surface area contributed by atoms with Crippen LogP contribution in [0.4, 0.5) is 0 Å². The van der Waals surface area contributed by atoms with Gasteiger partial charge >= 0.3 is 5.97 Å². The lowest BCUT2D eigenvalue weighted by atomic mass is 9.94. The predicted molar refractivity (Wildman–Crippen MR) is 95.6 cm³/mol. The highest BCUT2D eigenvalue weighted by Crippen LogP contribution is 2.37. The number of halogens is 1. The third kappa shape index (κ3) is 2.86. The van der Waals surface area contributed by atoms with E-state index >= 15 is 0 Å². The average molecular weight is 370 g/mol. The Morgan fingerprint density at radius 3 is 2.57 bits per heavy atom. The average Bonchev–Trinajstić information content (AvgIpc) is 2.54. The van der Waals surface area contributed by atoms with Gasteiger partial charge in [0, 0.05) is 15.4 Å². The van der Waals surface area contributed by atoms with Gasteiger partial charge in [0.1, 0.15) is 0 Å². The summed E-state index contributed by atoms with van der Waals surface area (Å²) in [5, 5.41) is 0.923. The lowest BCUT2D eigenvalue weighted by Crippen LogP contribution is -2.10. The molecule has 3 aromatic rings. The predicted octanol–water partition coefficient (Wildman–Crippen LogP) is 5.15. The third-order valence-corrected chi connectivity index (χ3v) is 4.34. The van der Waals surface area contributed by atoms with E-state index in [2.05, 4.69) is 20.9 Å². The molecule has 0 spiro atoms. The molecule has 0 bridgehead atoms. The number of carbonyl (C=O) groups excluding carboxylic acids is 1. The zero-order chi connectivity index (χ0) is 16.4. The van der Waals surface area contributed by atoms with Gasteiger partial charge in [-0.15, -0.1) is 0 Å². The first-order valence-electron chi connectivity index (χ1n) is 7.44.